The van der Waals surface area contributed by atoms with E-state index >= 15 is 0 Å². The molecule has 0 saturated carbocycles. The first-order valence-electron chi connectivity index (χ1n) is 8.38. The van der Waals surface area contributed by atoms with Crippen LogP contribution in [0.3, 0.4) is 0 Å². The maximum absolute atomic E-state index is 12.6. The van der Waals surface area contributed by atoms with E-state index in [-0.39, 0.29) is 5.91 Å². The fourth-order valence-electron chi connectivity index (χ4n) is 3.07. The molecule has 126 valence electrons. The number of hydrogen-bond donors (Lipinski definition) is 1. The summed E-state index contributed by atoms with van der Waals surface area (Å²) in [6.07, 6.45) is 1.66. The Morgan fingerprint density at radius 2 is 1.88 bits per heavy atom. The number of anilines is 1. The average Bonchev–Trinajstić information content (AvgIpc) is 2.60. The lowest BCUT2D eigenvalue weighted by Crippen LogP contribution is -2.42. The number of benzene rings is 2. The van der Waals surface area contributed by atoms with Gasteiger partial charge in [0.15, 0.2) is 0 Å². The molecule has 4 heteroatoms. The number of hydrogen-bond acceptors (Lipinski definition) is 3. The van der Waals surface area contributed by atoms with Gasteiger partial charge < -0.3 is 14.7 Å². The SMILES string of the molecule is CC1(O)CCN(C(=O)CCCOc2ccccc2)c2ccccc21. The largest absolute Gasteiger partial charge is 0.494 e. The van der Waals surface area contributed by atoms with Crippen molar-refractivity contribution in [3.8, 4) is 5.75 Å². The van der Waals surface area contributed by atoms with Crippen molar-refractivity contribution < 1.29 is 14.6 Å². The van der Waals surface area contributed by atoms with Crippen LogP contribution in [0.5, 0.6) is 5.75 Å². The van der Waals surface area contributed by atoms with E-state index in [0.29, 0.717) is 32.4 Å². The minimum atomic E-state index is -0.871. The molecule has 1 atom stereocenters. The first-order valence-corrected chi connectivity index (χ1v) is 8.38. The zero-order valence-corrected chi connectivity index (χ0v) is 13.9. The van der Waals surface area contributed by atoms with Crippen molar-refractivity contribution in [2.24, 2.45) is 0 Å². The lowest BCUT2D eigenvalue weighted by molar-refractivity contribution is -0.119. The molecule has 24 heavy (non-hydrogen) atoms. The molecular formula is C20H23NO3. The number of ether oxygens (including phenoxy) is 1. The minimum Gasteiger partial charge on any atom is -0.494 e. The fourth-order valence-corrected chi connectivity index (χ4v) is 3.07. The summed E-state index contributed by atoms with van der Waals surface area (Å²) in [6.45, 7) is 2.87. The van der Waals surface area contributed by atoms with Gasteiger partial charge in [0.2, 0.25) is 5.91 Å². The molecule has 3 rings (SSSR count). The number of rotatable bonds is 5. The predicted octanol–water partition coefficient (Wildman–Crippen LogP) is 3.49. The van der Waals surface area contributed by atoms with Crippen LogP contribution in [0.2, 0.25) is 0 Å². The summed E-state index contributed by atoms with van der Waals surface area (Å²) in [5.74, 6) is 0.902. The Labute approximate surface area is 142 Å². The molecule has 1 heterocycles. The Bertz CT molecular complexity index is 697. The Kier molecular flexibility index (Phi) is 4.86. The van der Waals surface area contributed by atoms with Crippen molar-refractivity contribution in [1.29, 1.82) is 0 Å². The number of para-hydroxylation sites is 2. The van der Waals surface area contributed by atoms with Crippen molar-refractivity contribution in [2.45, 2.75) is 31.8 Å². The molecule has 1 unspecified atom stereocenters. The van der Waals surface area contributed by atoms with Crippen LogP contribution in [0.1, 0.15) is 31.7 Å². The molecule has 0 spiro atoms. The molecular weight excluding hydrogens is 302 g/mol. The van der Waals surface area contributed by atoms with Crippen LogP contribution in [0.4, 0.5) is 5.69 Å². The molecule has 1 aliphatic heterocycles. The highest BCUT2D eigenvalue weighted by Crippen LogP contribution is 2.38. The van der Waals surface area contributed by atoms with Crippen molar-refractivity contribution in [3.63, 3.8) is 0 Å². The molecule has 2 aromatic carbocycles. The third-order valence-electron chi connectivity index (χ3n) is 4.45. The molecule has 2 aromatic rings. The molecule has 0 bridgehead atoms. The first kappa shape index (κ1) is 16.5. The molecule has 1 aliphatic rings. The van der Waals surface area contributed by atoms with E-state index in [9.17, 15) is 9.90 Å². The number of aliphatic hydroxyl groups is 1. The van der Waals surface area contributed by atoms with Crippen molar-refractivity contribution in [3.05, 3.63) is 60.2 Å². The first-order chi connectivity index (χ1) is 11.6. The molecule has 0 aliphatic carbocycles. The molecule has 1 amide bonds. The van der Waals surface area contributed by atoms with Crippen LogP contribution in [0, 0.1) is 0 Å². The van der Waals surface area contributed by atoms with Crippen LogP contribution in [0.15, 0.2) is 54.6 Å². The van der Waals surface area contributed by atoms with Crippen LogP contribution >= 0.6 is 0 Å². The Hall–Kier alpha value is -2.33. The summed E-state index contributed by atoms with van der Waals surface area (Å²) in [6, 6.07) is 17.2. The predicted molar refractivity (Wildman–Crippen MR) is 94.2 cm³/mol. The van der Waals surface area contributed by atoms with E-state index in [1.54, 1.807) is 11.8 Å². The second-order valence-electron chi connectivity index (χ2n) is 6.35. The van der Waals surface area contributed by atoms with E-state index in [1.165, 1.54) is 0 Å². The lowest BCUT2D eigenvalue weighted by Gasteiger charge is -2.38. The lowest BCUT2D eigenvalue weighted by atomic mass is 9.87. The quantitative estimate of drug-likeness (QED) is 0.856. The summed E-state index contributed by atoms with van der Waals surface area (Å²) < 4.78 is 5.64. The van der Waals surface area contributed by atoms with Gasteiger partial charge in [-0.2, -0.15) is 0 Å². The maximum atomic E-state index is 12.6. The second kappa shape index (κ2) is 7.05. The molecule has 0 aromatic heterocycles. The maximum Gasteiger partial charge on any atom is 0.227 e. The van der Waals surface area contributed by atoms with Gasteiger partial charge in [-0.3, -0.25) is 4.79 Å². The summed E-state index contributed by atoms with van der Waals surface area (Å²) in [7, 11) is 0. The Morgan fingerprint density at radius 3 is 2.67 bits per heavy atom. The summed E-state index contributed by atoms with van der Waals surface area (Å²) in [5, 5.41) is 10.5. The molecule has 0 fully saturated rings. The number of fused-ring (bicyclic) bond motifs is 1. The number of carbonyl (C=O) groups excluding carboxylic acids is 1. The van der Waals surface area contributed by atoms with Crippen molar-refractivity contribution >= 4 is 11.6 Å². The number of nitrogens with zero attached hydrogens (tertiary/aromatic N) is 1. The second-order valence-corrected chi connectivity index (χ2v) is 6.35. The molecule has 4 nitrogen and oxygen atoms in total. The van der Waals surface area contributed by atoms with E-state index in [4.69, 9.17) is 4.74 Å². The van der Waals surface area contributed by atoms with Crippen molar-refractivity contribution in [2.75, 3.05) is 18.1 Å². The van der Waals surface area contributed by atoms with Gasteiger partial charge in [0.05, 0.1) is 12.2 Å². The third kappa shape index (κ3) is 3.60. The van der Waals surface area contributed by atoms with E-state index < -0.39 is 5.60 Å². The Morgan fingerprint density at radius 1 is 1.17 bits per heavy atom. The van der Waals surface area contributed by atoms with Gasteiger partial charge >= 0.3 is 0 Å². The molecule has 1 N–H and O–H groups in total. The topological polar surface area (TPSA) is 49.8 Å². The van der Waals surface area contributed by atoms with Crippen molar-refractivity contribution in [1.82, 2.24) is 0 Å². The number of amides is 1. The van der Waals surface area contributed by atoms with Gasteiger partial charge in [0.25, 0.3) is 0 Å². The Balaban J connectivity index is 1.58. The van der Waals surface area contributed by atoms with Gasteiger partial charge in [-0.25, -0.2) is 0 Å². The highest BCUT2D eigenvalue weighted by Gasteiger charge is 2.34. The minimum absolute atomic E-state index is 0.0783. The smallest absolute Gasteiger partial charge is 0.227 e. The standard InChI is InChI=1S/C20H23NO3/c1-20(23)13-14-21(18-11-6-5-10-17(18)20)19(22)12-7-15-24-16-8-3-2-4-9-16/h2-6,8-11,23H,7,12-15H2,1H3. The normalized spacial score (nSPS) is 19.7. The van der Waals surface area contributed by atoms with Gasteiger partial charge in [-0.15, -0.1) is 0 Å². The van der Waals surface area contributed by atoms with Crippen LogP contribution in [0.25, 0.3) is 0 Å². The van der Waals surface area contributed by atoms with E-state index in [2.05, 4.69) is 0 Å². The highest BCUT2D eigenvalue weighted by molar-refractivity contribution is 5.94. The monoisotopic (exact) mass is 325 g/mol. The number of carbonyl (C=O) groups is 1. The van der Waals surface area contributed by atoms with Crippen LogP contribution in [-0.2, 0) is 10.4 Å². The van der Waals surface area contributed by atoms with Gasteiger partial charge in [0.1, 0.15) is 5.75 Å². The van der Waals surface area contributed by atoms with Crippen LogP contribution < -0.4 is 9.64 Å². The molecule has 0 radical (unpaired) electrons. The zero-order valence-electron chi connectivity index (χ0n) is 13.9. The highest BCUT2D eigenvalue weighted by atomic mass is 16.5. The fraction of sp³-hybridized carbons (Fsp3) is 0.350. The van der Waals surface area contributed by atoms with Gasteiger partial charge in [0, 0.05) is 24.2 Å². The summed E-state index contributed by atoms with van der Waals surface area (Å²) in [5.41, 5.74) is 0.775. The van der Waals surface area contributed by atoms with Gasteiger partial charge in [-0.1, -0.05) is 36.4 Å². The third-order valence-corrected chi connectivity index (χ3v) is 4.45. The van der Waals surface area contributed by atoms with E-state index in [0.717, 1.165) is 17.0 Å². The summed E-state index contributed by atoms with van der Waals surface area (Å²) in [4.78, 5) is 14.4. The van der Waals surface area contributed by atoms with Crippen LogP contribution in [-0.4, -0.2) is 24.2 Å². The molecule has 0 saturated heterocycles. The zero-order chi connectivity index (χ0) is 17.0. The summed E-state index contributed by atoms with van der Waals surface area (Å²) >= 11 is 0. The van der Waals surface area contributed by atoms with Gasteiger partial charge in [-0.05, 0) is 38.0 Å². The average molecular weight is 325 g/mol. The van der Waals surface area contributed by atoms with E-state index in [1.807, 2.05) is 54.6 Å².